The molecule has 2 N–H and O–H groups in total. The van der Waals surface area contributed by atoms with Crippen LogP contribution >= 0.6 is 22.7 Å². The molecule has 2 aliphatic heterocycles. The molecule has 2 saturated heterocycles. The minimum atomic E-state index is -5.08. The third-order valence-electron chi connectivity index (χ3n) is 5.12. The van der Waals surface area contributed by atoms with E-state index < -0.39 is 12.1 Å². The van der Waals surface area contributed by atoms with Crippen LogP contribution in [0.25, 0.3) is 0 Å². The normalized spacial score (nSPS) is 23.2. The standard InChI is InChI=1S/C17H21N3O2S2.C2HF3O2/c1-11-19-14(10-24-11)5-20-6-15-13(8-22-16(15)7-20)4-18-17(21)12-2-3-23-9-12;3-2(4,5)1(6)7/h2-3,9-10,13,15-16H,4-8H2,1H3,(H,18,21);(H,6,7)/t13-,15+,16+;/m0./s1. The predicted octanol–water partition coefficient (Wildman–Crippen LogP) is 3.02. The summed E-state index contributed by atoms with van der Waals surface area (Å²) in [6.07, 6.45) is -4.78. The number of amides is 1. The number of aryl methyl sites for hydroxylation is 1. The number of hydrogen-bond donors (Lipinski definition) is 2. The zero-order valence-electron chi connectivity index (χ0n) is 16.6. The molecule has 0 spiro atoms. The van der Waals surface area contributed by atoms with E-state index in [0.717, 1.165) is 42.5 Å². The van der Waals surface area contributed by atoms with Gasteiger partial charge >= 0.3 is 12.1 Å². The lowest BCUT2D eigenvalue weighted by Gasteiger charge is -2.19. The molecule has 170 valence electrons. The van der Waals surface area contributed by atoms with Crippen molar-refractivity contribution in [3.05, 3.63) is 38.5 Å². The number of thiophene rings is 1. The van der Waals surface area contributed by atoms with Crippen LogP contribution in [0.4, 0.5) is 13.2 Å². The first-order valence-corrected chi connectivity index (χ1v) is 11.3. The Morgan fingerprint density at radius 2 is 2.10 bits per heavy atom. The third-order valence-corrected chi connectivity index (χ3v) is 6.62. The lowest BCUT2D eigenvalue weighted by Crippen LogP contribution is -2.34. The van der Waals surface area contributed by atoms with Gasteiger partial charge in [0, 0.05) is 54.3 Å². The zero-order valence-corrected chi connectivity index (χ0v) is 18.2. The maximum absolute atomic E-state index is 12.1. The number of nitrogens with one attached hydrogen (secondary N) is 1. The Kier molecular flexibility index (Phi) is 7.68. The Labute approximate surface area is 184 Å². The topological polar surface area (TPSA) is 91.8 Å². The summed E-state index contributed by atoms with van der Waals surface area (Å²) in [7, 11) is 0. The maximum Gasteiger partial charge on any atom is 0.490 e. The fourth-order valence-electron chi connectivity index (χ4n) is 3.65. The van der Waals surface area contributed by atoms with Gasteiger partial charge < -0.3 is 15.2 Å². The van der Waals surface area contributed by atoms with Gasteiger partial charge in [-0.1, -0.05) is 0 Å². The quantitative estimate of drug-likeness (QED) is 0.688. The number of ether oxygens (including phenoxy) is 1. The van der Waals surface area contributed by atoms with E-state index in [1.54, 1.807) is 22.7 Å². The highest BCUT2D eigenvalue weighted by molar-refractivity contribution is 7.09. The first-order valence-electron chi connectivity index (χ1n) is 9.49. The molecule has 0 bridgehead atoms. The van der Waals surface area contributed by atoms with E-state index in [4.69, 9.17) is 14.6 Å². The molecule has 0 unspecified atom stereocenters. The highest BCUT2D eigenvalue weighted by Gasteiger charge is 2.43. The number of fused-ring (bicyclic) bond motifs is 1. The zero-order chi connectivity index (χ0) is 22.6. The largest absolute Gasteiger partial charge is 0.490 e. The summed E-state index contributed by atoms with van der Waals surface area (Å²) in [5.74, 6) is -1.83. The number of halogens is 3. The molecule has 7 nitrogen and oxygen atoms in total. The molecule has 0 radical (unpaired) electrons. The van der Waals surface area contributed by atoms with Crippen LogP contribution in [0.15, 0.2) is 22.2 Å². The van der Waals surface area contributed by atoms with Crippen molar-refractivity contribution in [3.8, 4) is 0 Å². The Bertz CT molecular complexity index is 888. The fraction of sp³-hybridized carbons (Fsp3) is 0.526. The van der Waals surface area contributed by atoms with Gasteiger partial charge in [-0.2, -0.15) is 24.5 Å². The first kappa shape index (κ1) is 23.6. The number of likely N-dealkylation sites (tertiary alicyclic amines) is 1. The third kappa shape index (κ3) is 6.48. The average Bonchev–Trinajstić information content (AvgIpc) is 3.45. The number of alkyl halides is 3. The molecule has 2 aromatic heterocycles. The lowest BCUT2D eigenvalue weighted by molar-refractivity contribution is -0.192. The average molecular weight is 478 g/mol. The van der Waals surface area contributed by atoms with Crippen molar-refractivity contribution in [2.45, 2.75) is 25.7 Å². The molecular formula is C19H22F3N3O4S2. The van der Waals surface area contributed by atoms with Crippen molar-refractivity contribution in [2.75, 3.05) is 26.2 Å². The van der Waals surface area contributed by atoms with E-state index in [1.165, 1.54) is 0 Å². The monoisotopic (exact) mass is 477 g/mol. The van der Waals surface area contributed by atoms with E-state index in [0.29, 0.717) is 24.5 Å². The molecule has 31 heavy (non-hydrogen) atoms. The molecule has 2 aromatic rings. The molecule has 2 aliphatic rings. The molecule has 4 rings (SSSR count). The van der Waals surface area contributed by atoms with Gasteiger partial charge in [-0.25, -0.2) is 9.78 Å². The second-order valence-electron chi connectivity index (χ2n) is 7.37. The number of nitrogens with zero attached hydrogens (tertiary/aromatic N) is 2. The van der Waals surface area contributed by atoms with Crippen molar-refractivity contribution in [1.82, 2.24) is 15.2 Å². The molecular weight excluding hydrogens is 455 g/mol. The SMILES string of the molecule is Cc1nc(CN2C[C@@H]3[C@@H](CNC(=O)c4ccsc4)CO[C@@H]3C2)cs1.O=C(O)C(F)(F)F. The fourth-order valence-corrected chi connectivity index (χ4v) is 4.89. The van der Waals surface area contributed by atoms with E-state index >= 15 is 0 Å². The second kappa shape index (κ2) is 10.1. The minimum Gasteiger partial charge on any atom is -0.475 e. The van der Waals surface area contributed by atoms with Crippen molar-refractivity contribution in [1.29, 1.82) is 0 Å². The van der Waals surface area contributed by atoms with Crippen LogP contribution in [-0.4, -0.2) is 65.4 Å². The van der Waals surface area contributed by atoms with Crippen LogP contribution in [0.2, 0.25) is 0 Å². The van der Waals surface area contributed by atoms with E-state index in [-0.39, 0.29) is 5.91 Å². The van der Waals surface area contributed by atoms with Crippen LogP contribution in [0.1, 0.15) is 21.1 Å². The Morgan fingerprint density at radius 1 is 1.35 bits per heavy atom. The number of rotatable bonds is 5. The molecule has 2 fully saturated rings. The van der Waals surface area contributed by atoms with Gasteiger partial charge in [-0.05, 0) is 18.4 Å². The van der Waals surface area contributed by atoms with Gasteiger partial charge in [0.2, 0.25) is 0 Å². The molecule has 3 atom stereocenters. The van der Waals surface area contributed by atoms with E-state index in [1.807, 2.05) is 23.8 Å². The van der Waals surface area contributed by atoms with E-state index in [2.05, 4.69) is 20.6 Å². The van der Waals surface area contributed by atoms with Crippen molar-refractivity contribution < 1.29 is 32.6 Å². The maximum atomic E-state index is 12.1. The number of carboxylic acids is 1. The Balaban J connectivity index is 0.000000339. The number of hydrogen-bond acceptors (Lipinski definition) is 7. The van der Waals surface area contributed by atoms with Crippen molar-refractivity contribution in [3.63, 3.8) is 0 Å². The summed E-state index contributed by atoms with van der Waals surface area (Å²) in [6, 6.07) is 1.86. The predicted molar refractivity (Wildman–Crippen MR) is 109 cm³/mol. The molecule has 1 amide bonds. The number of carboxylic acid groups (broad SMARTS) is 1. The van der Waals surface area contributed by atoms with Gasteiger partial charge in [0.05, 0.1) is 23.4 Å². The first-order chi connectivity index (χ1) is 14.6. The number of carbonyl (C=O) groups excluding carboxylic acids is 1. The van der Waals surface area contributed by atoms with Crippen LogP contribution in [-0.2, 0) is 16.1 Å². The Hall–Kier alpha value is -2.02. The summed E-state index contributed by atoms with van der Waals surface area (Å²) in [5.41, 5.74) is 1.90. The van der Waals surface area contributed by atoms with Crippen LogP contribution < -0.4 is 5.32 Å². The second-order valence-corrected chi connectivity index (χ2v) is 9.21. The Morgan fingerprint density at radius 3 is 2.68 bits per heavy atom. The summed E-state index contributed by atoms with van der Waals surface area (Å²) < 4.78 is 37.7. The van der Waals surface area contributed by atoms with Crippen molar-refractivity contribution in [2.24, 2.45) is 11.8 Å². The van der Waals surface area contributed by atoms with Gasteiger partial charge in [0.15, 0.2) is 0 Å². The summed E-state index contributed by atoms with van der Waals surface area (Å²) in [4.78, 5) is 28.0. The van der Waals surface area contributed by atoms with Crippen LogP contribution in [0.3, 0.4) is 0 Å². The number of aromatic nitrogens is 1. The van der Waals surface area contributed by atoms with Gasteiger partial charge in [-0.3, -0.25) is 9.69 Å². The van der Waals surface area contributed by atoms with Crippen LogP contribution in [0, 0.1) is 18.8 Å². The highest BCUT2D eigenvalue weighted by Crippen LogP contribution is 2.34. The van der Waals surface area contributed by atoms with Crippen molar-refractivity contribution >= 4 is 34.6 Å². The lowest BCUT2D eigenvalue weighted by atomic mass is 9.93. The smallest absolute Gasteiger partial charge is 0.475 e. The summed E-state index contributed by atoms with van der Waals surface area (Å²) >= 11 is 3.25. The van der Waals surface area contributed by atoms with Crippen LogP contribution in [0.5, 0.6) is 0 Å². The number of aliphatic carboxylic acids is 1. The van der Waals surface area contributed by atoms with Gasteiger partial charge in [-0.15, -0.1) is 11.3 Å². The van der Waals surface area contributed by atoms with E-state index in [9.17, 15) is 18.0 Å². The summed E-state index contributed by atoms with van der Waals surface area (Å²) in [5, 5.41) is 17.3. The molecule has 0 aromatic carbocycles. The summed E-state index contributed by atoms with van der Waals surface area (Å²) in [6.45, 7) is 6.38. The molecule has 0 saturated carbocycles. The minimum absolute atomic E-state index is 0.0208. The highest BCUT2D eigenvalue weighted by atomic mass is 32.1. The number of carbonyl (C=O) groups is 2. The molecule has 0 aliphatic carbocycles. The van der Waals surface area contributed by atoms with Gasteiger partial charge in [0.1, 0.15) is 0 Å². The molecule has 4 heterocycles. The molecule has 12 heteroatoms. The number of thiazole rings is 1. The van der Waals surface area contributed by atoms with Gasteiger partial charge in [0.25, 0.3) is 5.91 Å².